The molecule has 0 aliphatic heterocycles. The summed E-state index contributed by atoms with van der Waals surface area (Å²) < 4.78 is 17.2. The minimum absolute atomic E-state index is 0.696. The monoisotopic (exact) mass is 313 g/mol. The first-order valence-corrected chi connectivity index (χ1v) is 8.81. The van der Waals surface area contributed by atoms with Crippen molar-refractivity contribution < 1.29 is 8.63 Å². The second kappa shape index (κ2) is 6.46. The van der Waals surface area contributed by atoms with Gasteiger partial charge in [-0.25, -0.2) is 0 Å². The molecule has 3 nitrogen and oxygen atoms in total. The summed E-state index contributed by atoms with van der Waals surface area (Å²) in [7, 11) is -0.920. The van der Waals surface area contributed by atoms with Crippen molar-refractivity contribution in [1.29, 1.82) is 0 Å². The Morgan fingerprint density at radius 1 is 1.05 bits per heavy atom. The smallest absolute Gasteiger partial charge is 0.134 e. The van der Waals surface area contributed by atoms with Crippen molar-refractivity contribution in [1.82, 2.24) is 5.32 Å². The molecule has 1 unspecified atom stereocenters. The summed E-state index contributed by atoms with van der Waals surface area (Å²) in [6.45, 7) is 3.54. The summed E-state index contributed by atoms with van der Waals surface area (Å²) in [5.74, 6) is 0.979. The van der Waals surface area contributed by atoms with Crippen molar-refractivity contribution in [3.05, 3.63) is 65.4 Å². The van der Waals surface area contributed by atoms with E-state index in [4.69, 9.17) is 4.42 Å². The van der Waals surface area contributed by atoms with Crippen LogP contribution in [0.1, 0.15) is 16.9 Å². The van der Waals surface area contributed by atoms with Crippen LogP contribution < -0.4 is 5.32 Å². The Balaban J connectivity index is 1.64. The zero-order valence-electron chi connectivity index (χ0n) is 12.8. The van der Waals surface area contributed by atoms with E-state index in [0.717, 1.165) is 22.8 Å². The van der Waals surface area contributed by atoms with Gasteiger partial charge in [0.05, 0.1) is 6.54 Å². The maximum atomic E-state index is 11.4. The second-order valence-corrected chi connectivity index (χ2v) is 6.73. The highest BCUT2D eigenvalue weighted by Crippen LogP contribution is 2.24. The number of nitrogens with one attached hydrogen (secondary N) is 1. The van der Waals surface area contributed by atoms with Gasteiger partial charge in [0.15, 0.2) is 0 Å². The maximum absolute atomic E-state index is 11.4. The highest BCUT2D eigenvalue weighted by Gasteiger charge is 2.09. The van der Waals surface area contributed by atoms with E-state index < -0.39 is 10.8 Å². The van der Waals surface area contributed by atoms with E-state index in [1.165, 1.54) is 16.5 Å². The Morgan fingerprint density at radius 3 is 2.45 bits per heavy atom. The molecule has 22 heavy (non-hydrogen) atoms. The molecule has 0 amide bonds. The molecule has 3 aromatic rings. The number of fused-ring (bicyclic) bond motifs is 1. The lowest BCUT2D eigenvalue weighted by molar-refractivity contribution is 0.510. The van der Waals surface area contributed by atoms with Crippen LogP contribution in [-0.4, -0.2) is 10.5 Å². The van der Waals surface area contributed by atoms with Crippen LogP contribution in [-0.2, 0) is 23.9 Å². The maximum Gasteiger partial charge on any atom is 0.134 e. The predicted molar refractivity (Wildman–Crippen MR) is 90.3 cm³/mol. The zero-order chi connectivity index (χ0) is 15.5. The molecule has 0 aliphatic rings. The third kappa shape index (κ3) is 3.13. The van der Waals surface area contributed by atoms with Gasteiger partial charge in [0.2, 0.25) is 0 Å². The molecule has 114 valence electrons. The van der Waals surface area contributed by atoms with E-state index in [-0.39, 0.29) is 0 Å². The molecule has 0 spiro atoms. The number of hydrogen-bond acceptors (Lipinski definition) is 3. The fraction of sp³-hybridized carbons (Fsp3) is 0.222. The Labute approximate surface area is 132 Å². The highest BCUT2D eigenvalue weighted by atomic mass is 32.2. The van der Waals surface area contributed by atoms with Gasteiger partial charge in [-0.05, 0) is 36.2 Å². The number of furan rings is 1. The summed E-state index contributed by atoms with van der Waals surface area (Å²) in [6.07, 6.45) is 1.69. The van der Waals surface area contributed by atoms with E-state index in [2.05, 4.69) is 18.3 Å². The lowest BCUT2D eigenvalue weighted by Gasteiger charge is -2.05. The van der Waals surface area contributed by atoms with Gasteiger partial charge >= 0.3 is 0 Å². The first kappa shape index (κ1) is 15.0. The van der Waals surface area contributed by atoms with E-state index in [1.54, 1.807) is 6.26 Å². The largest absolute Gasteiger partial charge is 0.459 e. The van der Waals surface area contributed by atoms with Crippen LogP contribution in [0.2, 0.25) is 0 Å². The summed E-state index contributed by atoms with van der Waals surface area (Å²) in [6, 6.07) is 15.9. The average molecular weight is 313 g/mol. The van der Waals surface area contributed by atoms with Gasteiger partial charge in [-0.2, -0.15) is 0 Å². The van der Waals surface area contributed by atoms with Crippen molar-refractivity contribution >= 4 is 21.8 Å². The number of aryl methyl sites for hydroxylation is 1. The van der Waals surface area contributed by atoms with Gasteiger partial charge < -0.3 is 9.73 Å². The Kier molecular flexibility index (Phi) is 4.41. The van der Waals surface area contributed by atoms with Crippen molar-refractivity contribution in [2.45, 2.75) is 24.9 Å². The zero-order valence-corrected chi connectivity index (χ0v) is 13.6. The SMILES string of the molecule is Cc1c(CNCc2ccc(S(C)=O)cc2)oc2ccccc12. The highest BCUT2D eigenvalue weighted by molar-refractivity contribution is 7.84. The van der Waals surface area contributed by atoms with Gasteiger partial charge in [-0.3, -0.25) is 4.21 Å². The lowest BCUT2D eigenvalue weighted by Crippen LogP contribution is -2.12. The number of benzene rings is 2. The predicted octanol–water partition coefficient (Wildman–Crippen LogP) is 3.77. The molecular weight excluding hydrogens is 294 g/mol. The molecule has 4 heteroatoms. The fourth-order valence-electron chi connectivity index (χ4n) is 2.51. The molecule has 0 saturated carbocycles. The van der Waals surface area contributed by atoms with E-state index in [0.29, 0.717) is 6.54 Å². The lowest BCUT2D eigenvalue weighted by atomic mass is 10.1. The van der Waals surface area contributed by atoms with Gasteiger partial charge in [0.25, 0.3) is 0 Å². The van der Waals surface area contributed by atoms with E-state index in [1.807, 2.05) is 42.5 Å². The Morgan fingerprint density at radius 2 is 1.77 bits per heavy atom. The molecule has 1 aromatic heterocycles. The fourth-order valence-corrected chi connectivity index (χ4v) is 3.03. The third-order valence-corrected chi connectivity index (χ3v) is 4.75. The van der Waals surface area contributed by atoms with Crippen molar-refractivity contribution in [2.24, 2.45) is 0 Å². The van der Waals surface area contributed by atoms with Crippen LogP contribution in [0, 0.1) is 6.92 Å². The van der Waals surface area contributed by atoms with E-state index in [9.17, 15) is 4.21 Å². The number of hydrogen-bond donors (Lipinski definition) is 1. The molecular formula is C18H19NO2S. The molecule has 1 N–H and O–H groups in total. The molecule has 0 fully saturated rings. The molecule has 0 bridgehead atoms. The molecule has 0 aliphatic carbocycles. The standard InChI is InChI=1S/C18H19NO2S/c1-13-16-5-3-4-6-17(16)21-18(13)12-19-11-14-7-9-15(10-8-14)22(2)20/h3-10,19H,11-12H2,1-2H3. The number of para-hydroxylation sites is 1. The topological polar surface area (TPSA) is 42.2 Å². The quantitative estimate of drug-likeness (QED) is 0.779. The average Bonchev–Trinajstić information content (AvgIpc) is 2.85. The van der Waals surface area contributed by atoms with Gasteiger partial charge in [0.1, 0.15) is 11.3 Å². The third-order valence-electron chi connectivity index (χ3n) is 3.81. The molecule has 1 atom stereocenters. The van der Waals surface area contributed by atoms with Crippen LogP contribution in [0.3, 0.4) is 0 Å². The van der Waals surface area contributed by atoms with Crippen LogP contribution in [0.4, 0.5) is 0 Å². The van der Waals surface area contributed by atoms with Crippen molar-refractivity contribution in [3.8, 4) is 0 Å². The molecule has 0 radical (unpaired) electrons. The molecule has 1 heterocycles. The Bertz CT molecular complexity index is 806. The molecule has 2 aromatic carbocycles. The van der Waals surface area contributed by atoms with Crippen molar-refractivity contribution in [2.75, 3.05) is 6.26 Å². The first-order valence-electron chi connectivity index (χ1n) is 7.25. The minimum atomic E-state index is -0.920. The van der Waals surface area contributed by atoms with Gasteiger partial charge in [0, 0.05) is 33.9 Å². The van der Waals surface area contributed by atoms with Gasteiger partial charge in [-0.15, -0.1) is 0 Å². The van der Waals surface area contributed by atoms with Crippen LogP contribution in [0.15, 0.2) is 57.8 Å². The van der Waals surface area contributed by atoms with E-state index >= 15 is 0 Å². The summed E-state index contributed by atoms with van der Waals surface area (Å²) in [5, 5.41) is 4.57. The van der Waals surface area contributed by atoms with Crippen LogP contribution >= 0.6 is 0 Å². The van der Waals surface area contributed by atoms with Crippen LogP contribution in [0.25, 0.3) is 11.0 Å². The molecule has 0 saturated heterocycles. The summed E-state index contributed by atoms with van der Waals surface area (Å²) in [5.41, 5.74) is 3.30. The second-order valence-electron chi connectivity index (χ2n) is 5.35. The normalized spacial score (nSPS) is 12.6. The van der Waals surface area contributed by atoms with Crippen LogP contribution in [0.5, 0.6) is 0 Å². The van der Waals surface area contributed by atoms with Crippen molar-refractivity contribution in [3.63, 3.8) is 0 Å². The summed E-state index contributed by atoms with van der Waals surface area (Å²) >= 11 is 0. The van der Waals surface area contributed by atoms with Gasteiger partial charge in [-0.1, -0.05) is 30.3 Å². The Hall–Kier alpha value is -1.91. The first-order chi connectivity index (χ1) is 10.6. The summed E-state index contributed by atoms with van der Waals surface area (Å²) in [4.78, 5) is 0.858. The minimum Gasteiger partial charge on any atom is -0.459 e. The number of rotatable bonds is 5. The molecule has 3 rings (SSSR count).